The van der Waals surface area contributed by atoms with Crippen LogP contribution < -0.4 is 31.2 Å². The second-order valence-corrected chi connectivity index (χ2v) is 5.42. The van der Waals surface area contributed by atoms with Gasteiger partial charge in [0.15, 0.2) is 11.5 Å². The molecule has 0 aliphatic carbocycles. The third-order valence-electron chi connectivity index (χ3n) is 3.94. The lowest BCUT2D eigenvalue weighted by atomic mass is 9.85. The molecule has 2 heterocycles. The molecule has 1 aliphatic heterocycles. The average molecular weight is 356 g/mol. The molecule has 9 nitrogen and oxygen atoms in total. The van der Waals surface area contributed by atoms with Gasteiger partial charge >= 0.3 is 5.69 Å². The molecule has 0 spiro atoms. The number of rotatable bonds is 4. The Morgan fingerprint density at radius 1 is 1.31 bits per heavy atom. The Morgan fingerprint density at radius 3 is 2.73 bits per heavy atom. The summed E-state index contributed by atoms with van der Waals surface area (Å²) in [5.74, 6) is -0.132. The van der Waals surface area contributed by atoms with Crippen molar-refractivity contribution in [3.63, 3.8) is 0 Å². The van der Waals surface area contributed by atoms with Crippen molar-refractivity contribution < 1.29 is 14.2 Å². The molecule has 0 radical (unpaired) electrons. The summed E-state index contributed by atoms with van der Waals surface area (Å²) in [7, 11) is 1.49. The minimum Gasteiger partial charge on any atom is -0.493 e. The first-order valence-electron chi connectivity index (χ1n) is 7.75. The maximum Gasteiger partial charge on any atom is 0.328 e. The number of fused-ring (bicyclic) bond motifs is 1. The summed E-state index contributed by atoms with van der Waals surface area (Å²) in [4.78, 5) is 28.4. The quantitative estimate of drug-likeness (QED) is 0.731. The zero-order valence-corrected chi connectivity index (χ0v) is 14.1. The number of nitrogens with two attached hydrogens (primary N) is 1. The summed E-state index contributed by atoms with van der Waals surface area (Å²) in [5, 5.41) is 9.52. The largest absolute Gasteiger partial charge is 0.493 e. The number of aromatic amines is 2. The molecule has 9 heteroatoms. The van der Waals surface area contributed by atoms with Gasteiger partial charge in [0, 0.05) is 0 Å². The molecule has 26 heavy (non-hydrogen) atoms. The summed E-state index contributed by atoms with van der Waals surface area (Å²) in [6, 6.07) is 7.00. The van der Waals surface area contributed by atoms with Crippen molar-refractivity contribution in [1.82, 2.24) is 9.97 Å². The molecule has 4 N–H and O–H groups in total. The van der Waals surface area contributed by atoms with Gasteiger partial charge in [-0.2, -0.15) is 5.26 Å². The first-order valence-corrected chi connectivity index (χ1v) is 7.75. The first kappa shape index (κ1) is 17.2. The molecule has 1 aliphatic rings. The number of hydrogen-bond acceptors (Lipinski definition) is 7. The summed E-state index contributed by atoms with van der Waals surface area (Å²) in [6.07, 6.45) is 0. The van der Waals surface area contributed by atoms with E-state index >= 15 is 0 Å². The predicted octanol–water partition coefficient (Wildman–Crippen LogP) is 0.689. The average Bonchev–Trinajstić information content (AvgIpc) is 2.61. The second kappa shape index (κ2) is 6.68. The lowest BCUT2D eigenvalue weighted by Crippen LogP contribution is -2.33. The topological polar surface area (TPSA) is 143 Å². The molecule has 0 saturated carbocycles. The van der Waals surface area contributed by atoms with Gasteiger partial charge < -0.3 is 19.9 Å². The van der Waals surface area contributed by atoms with Gasteiger partial charge in [0.25, 0.3) is 5.56 Å². The zero-order valence-electron chi connectivity index (χ0n) is 14.1. The van der Waals surface area contributed by atoms with E-state index in [1.807, 2.05) is 13.0 Å². The number of methoxy groups -OCH3 is 1. The summed E-state index contributed by atoms with van der Waals surface area (Å²) in [5.41, 5.74) is 5.13. The molecule has 2 aromatic rings. The summed E-state index contributed by atoms with van der Waals surface area (Å²) < 4.78 is 16.1. The molecule has 0 bridgehead atoms. The van der Waals surface area contributed by atoms with Crippen molar-refractivity contribution in [2.24, 2.45) is 5.73 Å². The highest BCUT2D eigenvalue weighted by Crippen LogP contribution is 2.41. The number of nitrogens with one attached hydrogen (secondary N) is 2. The fraction of sp³-hybridized carbons (Fsp3) is 0.235. The minimum absolute atomic E-state index is 0.0567. The van der Waals surface area contributed by atoms with Crippen molar-refractivity contribution in [2.75, 3.05) is 13.7 Å². The van der Waals surface area contributed by atoms with E-state index in [-0.39, 0.29) is 22.9 Å². The maximum absolute atomic E-state index is 12.4. The number of hydrogen-bond donors (Lipinski definition) is 3. The highest BCUT2D eigenvalue weighted by atomic mass is 16.5. The molecular weight excluding hydrogens is 340 g/mol. The third-order valence-corrected chi connectivity index (χ3v) is 3.94. The molecule has 0 fully saturated rings. The van der Waals surface area contributed by atoms with Crippen LogP contribution in [0.3, 0.4) is 0 Å². The Morgan fingerprint density at radius 2 is 2.08 bits per heavy atom. The van der Waals surface area contributed by atoms with Crippen molar-refractivity contribution in [3.8, 4) is 23.4 Å². The van der Waals surface area contributed by atoms with Crippen LogP contribution in [-0.2, 0) is 0 Å². The van der Waals surface area contributed by atoms with E-state index in [1.165, 1.54) is 7.11 Å². The van der Waals surface area contributed by atoms with Crippen LogP contribution in [0.25, 0.3) is 0 Å². The lowest BCUT2D eigenvalue weighted by molar-refractivity contribution is 0.310. The number of benzene rings is 1. The van der Waals surface area contributed by atoms with E-state index in [1.54, 1.807) is 18.2 Å². The van der Waals surface area contributed by atoms with Crippen molar-refractivity contribution >= 4 is 0 Å². The van der Waals surface area contributed by atoms with Crippen LogP contribution in [0.5, 0.6) is 17.4 Å². The van der Waals surface area contributed by atoms with E-state index in [0.29, 0.717) is 23.7 Å². The molecule has 1 aromatic heterocycles. The number of nitrogens with zero attached hydrogens (tertiary/aromatic N) is 1. The maximum atomic E-state index is 12.4. The minimum atomic E-state index is -0.825. The zero-order chi connectivity index (χ0) is 18.8. The number of H-pyrrole nitrogens is 2. The van der Waals surface area contributed by atoms with Gasteiger partial charge in [0.1, 0.15) is 11.6 Å². The Hall–Kier alpha value is -3.67. The van der Waals surface area contributed by atoms with Gasteiger partial charge in [-0.3, -0.25) is 14.8 Å². The van der Waals surface area contributed by atoms with Gasteiger partial charge in [0.2, 0.25) is 11.8 Å². The molecule has 134 valence electrons. The van der Waals surface area contributed by atoms with Crippen LogP contribution in [0.1, 0.15) is 24.0 Å². The van der Waals surface area contributed by atoms with E-state index < -0.39 is 17.2 Å². The van der Waals surface area contributed by atoms with Gasteiger partial charge in [-0.1, -0.05) is 6.07 Å². The predicted molar refractivity (Wildman–Crippen MR) is 91.1 cm³/mol. The summed E-state index contributed by atoms with van der Waals surface area (Å²) in [6.45, 7) is 2.29. The van der Waals surface area contributed by atoms with Crippen LogP contribution >= 0.6 is 0 Å². The van der Waals surface area contributed by atoms with Crippen molar-refractivity contribution in [3.05, 3.63) is 61.6 Å². The standard InChI is InChI=1S/C17H16N4O5/c1-3-25-10-5-4-8(6-11(10)24-2)12-9(7-18)14(19)26-16-13(12)15(22)20-17(23)21-16/h4-6,12H,3,19H2,1-2H3,(H2,20,21,22,23)/t12-/m0/s1. The van der Waals surface area contributed by atoms with Crippen LogP contribution in [0, 0.1) is 11.3 Å². The van der Waals surface area contributed by atoms with E-state index in [4.69, 9.17) is 19.9 Å². The SMILES string of the molecule is CCOc1ccc([C@H]2C(C#N)=C(N)Oc3[nH]c(=O)[nH]c(=O)c32)cc1OC. The molecule has 0 unspecified atom stereocenters. The first-order chi connectivity index (χ1) is 12.5. The Balaban J connectivity index is 2.25. The number of allylic oxidation sites excluding steroid dienone is 1. The number of nitriles is 1. The van der Waals surface area contributed by atoms with Crippen LogP contribution in [0.15, 0.2) is 39.2 Å². The number of ether oxygens (including phenoxy) is 3. The molecular formula is C17H16N4O5. The fourth-order valence-corrected chi connectivity index (χ4v) is 2.86. The van der Waals surface area contributed by atoms with Gasteiger partial charge in [-0.05, 0) is 24.6 Å². The van der Waals surface area contributed by atoms with E-state index in [9.17, 15) is 14.9 Å². The van der Waals surface area contributed by atoms with Crippen molar-refractivity contribution in [2.45, 2.75) is 12.8 Å². The molecule has 1 atom stereocenters. The van der Waals surface area contributed by atoms with E-state index in [0.717, 1.165) is 0 Å². The summed E-state index contributed by atoms with van der Waals surface area (Å²) >= 11 is 0. The van der Waals surface area contributed by atoms with Crippen LogP contribution in [0.2, 0.25) is 0 Å². The van der Waals surface area contributed by atoms with Gasteiger partial charge in [-0.25, -0.2) is 4.79 Å². The van der Waals surface area contributed by atoms with E-state index in [2.05, 4.69) is 9.97 Å². The van der Waals surface area contributed by atoms with Gasteiger partial charge in [-0.15, -0.1) is 0 Å². The molecule has 3 rings (SSSR count). The Kier molecular flexibility index (Phi) is 4.41. The monoisotopic (exact) mass is 356 g/mol. The lowest BCUT2D eigenvalue weighted by Gasteiger charge is -2.25. The third kappa shape index (κ3) is 2.77. The molecule has 1 aromatic carbocycles. The smallest absolute Gasteiger partial charge is 0.328 e. The highest BCUT2D eigenvalue weighted by molar-refractivity contribution is 5.55. The normalized spacial score (nSPS) is 15.7. The van der Waals surface area contributed by atoms with Crippen LogP contribution in [0.4, 0.5) is 0 Å². The molecule has 0 amide bonds. The highest BCUT2D eigenvalue weighted by Gasteiger charge is 2.34. The van der Waals surface area contributed by atoms with Crippen molar-refractivity contribution in [1.29, 1.82) is 5.26 Å². The van der Waals surface area contributed by atoms with Gasteiger partial charge in [0.05, 0.1) is 25.2 Å². The second-order valence-electron chi connectivity index (χ2n) is 5.42. The number of aromatic nitrogens is 2. The Bertz CT molecular complexity index is 1040. The van der Waals surface area contributed by atoms with Crippen LogP contribution in [-0.4, -0.2) is 23.7 Å². The Labute approximate surface area is 147 Å². The fourth-order valence-electron chi connectivity index (χ4n) is 2.86. The molecule has 0 saturated heterocycles.